The highest BCUT2D eigenvalue weighted by Crippen LogP contribution is 2.24. The van der Waals surface area contributed by atoms with Gasteiger partial charge in [-0.25, -0.2) is 0 Å². The maximum atomic E-state index is 5.66. The van der Waals surface area contributed by atoms with Crippen molar-refractivity contribution in [1.29, 1.82) is 0 Å². The molecule has 0 radical (unpaired) electrons. The van der Waals surface area contributed by atoms with Crippen LogP contribution < -0.4 is 5.32 Å². The second-order valence-electron chi connectivity index (χ2n) is 6.14. The molecule has 18 heavy (non-hydrogen) atoms. The van der Waals surface area contributed by atoms with E-state index in [0.717, 1.165) is 39.3 Å². The van der Waals surface area contributed by atoms with Crippen LogP contribution in [-0.4, -0.2) is 49.3 Å². The molecule has 1 fully saturated rings. The minimum atomic E-state index is 0.293. The Morgan fingerprint density at radius 2 is 2.06 bits per heavy atom. The number of hydrogen-bond donors (Lipinski definition) is 1. The second kappa shape index (κ2) is 7.46. The van der Waals surface area contributed by atoms with E-state index < -0.39 is 0 Å². The molecule has 1 rings (SSSR count). The van der Waals surface area contributed by atoms with E-state index in [-0.39, 0.29) is 0 Å². The van der Waals surface area contributed by atoms with Crippen molar-refractivity contribution in [3.63, 3.8) is 0 Å². The highest BCUT2D eigenvalue weighted by atomic mass is 16.5. The van der Waals surface area contributed by atoms with E-state index in [2.05, 4.69) is 44.8 Å². The first-order chi connectivity index (χ1) is 8.53. The molecule has 0 spiro atoms. The zero-order valence-corrected chi connectivity index (χ0v) is 13.0. The van der Waals surface area contributed by atoms with Crippen LogP contribution in [0.25, 0.3) is 0 Å². The zero-order chi connectivity index (χ0) is 13.6. The highest BCUT2D eigenvalue weighted by Gasteiger charge is 2.36. The SMILES string of the molecule is CCCOCCN1CC(C(C)C)NCC1(C)CC. The molecule has 1 saturated heterocycles. The molecule has 1 N–H and O–H groups in total. The van der Waals surface area contributed by atoms with Crippen molar-refractivity contribution in [3.8, 4) is 0 Å². The Hall–Kier alpha value is -0.120. The van der Waals surface area contributed by atoms with Crippen LogP contribution in [0.15, 0.2) is 0 Å². The van der Waals surface area contributed by atoms with Gasteiger partial charge >= 0.3 is 0 Å². The first-order valence-corrected chi connectivity index (χ1v) is 7.59. The summed E-state index contributed by atoms with van der Waals surface area (Å²) < 4.78 is 5.66. The van der Waals surface area contributed by atoms with E-state index in [9.17, 15) is 0 Å². The topological polar surface area (TPSA) is 24.5 Å². The third-order valence-electron chi connectivity index (χ3n) is 4.35. The molecular formula is C15H32N2O. The molecule has 0 aliphatic carbocycles. The van der Waals surface area contributed by atoms with Gasteiger partial charge in [-0.15, -0.1) is 0 Å². The molecule has 3 nitrogen and oxygen atoms in total. The van der Waals surface area contributed by atoms with E-state index in [1.54, 1.807) is 0 Å². The fourth-order valence-corrected chi connectivity index (χ4v) is 2.56. The Bertz CT molecular complexity index is 233. The van der Waals surface area contributed by atoms with Gasteiger partial charge in [-0.1, -0.05) is 27.7 Å². The predicted molar refractivity (Wildman–Crippen MR) is 78.0 cm³/mol. The van der Waals surface area contributed by atoms with Gasteiger partial charge < -0.3 is 10.1 Å². The number of nitrogens with zero attached hydrogens (tertiary/aromatic N) is 1. The van der Waals surface area contributed by atoms with Gasteiger partial charge in [0.05, 0.1) is 6.61 Å². The van der Waals surface area contributed by atoms with Gasteiger partial charge in [0.25, 0.3) is 0 Å². The molecule has 3 heteroatoms. The maximum Gasteiger partial charge on any atom is 0.0593 e. The summed E-state index contributed by atoms with van der Waals surface area (Å²) in [7, 11) is 0. The molecule has 1 aliphatic rings. The van der Waals surface area contributed by atoms with Crippen LogP contribution in [-0.2, 0) is 4.74 Å². The van der Waals surface area contributed by atoms with E-state index >= 15 is 0 Å². The quantitative estimate of drug-likeness (QED) is 0.708. The summed E-state index contributed by atoms with van der Waals surface area (Å²) in [6, 6.07) is 0.621. The summed E-state index contributed by atoms with van der Waals surface area (Å²) in [4.78, 5) is 2.63. The van der Waals surface area contributed by atoms with Gasteiger partial charge in [0, 0.05) is 37.8 Å². The molecule has 0 bridgehead atoms. The summed E-state index contributed by atoms with van der Waals surface area (Å²) in [6.07, 6.45) is 2.31. The van der Waals surface area contributed by atoms with Crippen LogP contribution in [0.4, 0.5) is 0 Å². The van der Waals surface area contributed by atoms with E-state index in [0.29, 0.717) is 17.5 Å². The van der Waals surface area contributed by atoms with Crippen LogP contribution in [0.1, 0.15) is 47.5 Å². The third kappa shape index (κ3) is 4.22. The van der Waals surface area contributed by atoms with Gasteiger partial charge in [-0.3, -0.25) is 4.90 Å². The molecule has 0 aromatic heterocycles. The maximum absolute atomic E-state index is 5.66. The van der Waals surface area contributed by atoms with Gasteiger partial charge in [-0.2, -0.15) is 0 Å². The number of ether oxygens (including phenoxy) is 1. The van der Waals surface area contributed by atoms with Crippen molar-refractivity contribution in [3.05, 3.63) is 0 Å². The average molecular weight is 256 g/mol. The van der Waals surface area contributed by atoms with E-state index in [1.165, 1.54) is 6.42 Å². The Labute approximate surface area is 113 Å². The van der Waals surface area contributed by atoms with Crippen LogP contribution in [0.3, 0.4) is 0 Å². The molecule has 0 aromatic rings. The lowest BCUT2D eigenvalue weighted by atomic mass is 9.89. The van der Waals surface area contributed by atoms with Gasteiger partial charge in [-0.05, 0) is 25.7 Å². The van der Waals surface area contributed by atoms with E-state index in [4.69, 9.17) is 4.74 Å². The Morgan fingerprint density at radius 3 is 2.61 bits per heavy atom. The first-order valence-electron chi connectivity index (χ1n) is 7.59. The summed E-state index contributed by atoms with van der Waals surface area (Å²) in [5.41, 5.74) is 0.293. The lowest BCUT2D eigenvalue weighted by Crippen LogP contribution is -2.64. The van der Waals surface area contributed by atoms with Crippen molar-refractivity contribution in [2.75, 3.05) is 32.8 Å². The normalized spacial score (nSPS) is 30.0. The molecule has 0 amide bonds. The second-order valence-corrected chi connectivity index (χ2v) is 6.14. The molecule has 2 atom stereocenters. The van der Waals surface area contributed by atoms with Crippen LogP contribution in [0, 0.1) is 5.92 Å². The average Bonchev–Trinajstić information content (AvgIpc) is 2.36. The fraction of sp³-hybridized carbons (Fsp3) is 1.00. The molecule has 0 saturated carbocycles. The monoisotopic (exact) mass is 256 g/mol. The van der Waals surface area contributed by atoms with Crippen molar-refractivity contribution in [2.45, 2.75) is 59.0 Å². The molecule has 2 unspecified atom stereocenters. The lowest BCUT2D eigenvalue weighted by Gasteiger charge is -2.49. The van der Waals surface area contributed by atoms with Crippen LogP contribution in [0.5, 0.6) is 0 Å². The number of piperazine rings is 1. The molecular weight excluding hydrogens is 224 g/mol. The van der Waals surface area contributed by atoms with Crippen molar-refractivity contribution >= 4 is 0 Å². The van der Waals surface area contributed by atoms with Gasteiger partial charge in [0.1, 0.15) is 0 Å². The predicted octanol–water partition coefficient (Wildman–Crippen LogP) is 2.51. The first kappa shape index (κ1) is 15.9. The highest BCUT2D eigenvalue weighted by molar-refractivity contribution is 4.95. The van der Waals surface area contributed by atoms with Gasteiger partial charge in [0.15, 0.2) is 0 Å². The Morgan fingerprint density at radius 1 is 1.33 bits per heavy atom. The lowest BCUT2D eigenvalue weighted by molar-refractivity contribution is 0.0104. The smallest absolute Gasteiger partial charge is 0.0593 e. The Balaban J connectivity index is 2.50. The van der Waals surface area contributed by atoms with Crippen molar-refractivity contribution in [1.82, 2.24) is 10.2 Å². The summed E-state index contributed by atoms with van der Waals surface area (Å²) in [5.74, 6) is 0.700. The molecule has 1 aliphatic heterocycles. The minimum Gasteiger partial charge on any atom is -0.380 e. The zero-order valence-electron chi connectivity index (χ0n) is 13.0. The van der Waals surface area contributed by atoms with Crippen LogP contribution >= 0.6 is 0 Å². The minimum absolute atomic E-state index is 0.293. The van der Waals surface area contributed by atoms with Gasteiger partial charge in [0.2, 0.25) is 0 Å². The fourth-order valence-electron chi connectivity index (χ4n) is 2.56. The van der Waals surface area contributed by atoms with E-state index in [1.807, 2.05) is 0 Å². The molecule has 108 valence electrons. The molecule has 0 aromatic carbocycles. The summed E-state index contributed by atoms with van der Waals surface area (Å²) in [5, 5.41) is 3.71. The standard InChI is InChI=1S/C15H32N2O/c1-6-9-18-10-8-17-11-14(13(3)4)16-12-15(17,5)7-2/h13-14,16H,6-12H2,1-5H3. The number of rotatable bonds is 7. The Kier molecular flexibility index (Phi) is 6.61. The summed E-state index contributed by atoms with van der Waals surface area (Å²) >= 11 is 0. The number of nitrogens with one attached hydrogen (secondary N) is 1. The van der Waals surface area contributed by atoms with Crippen LogP contribution in [0.2, 0.25) is 0 Å². The molecule has 1 heterocycles. The largest absolute Gasteiger partial charge is 0.380 e. The summed E-state index contributed by atoms with van der Waals surface area (Å²) in [6.45, 7) is 16.5. The van der Waals surface area contributed by atoms with Crippen molar-refractivity contribution in [2.24, 2.45) is 5.92 Å². The van der Waals surface area contributed by atoms with Crippen molar-refractivity contribution < 1.29 is 4.74 Å². The third-order valence-corrected chi connectivity index (χ3v) is 4.35. The number of hydrogen-bond acceptors (Lipinski definition) is 3.